The predicted molar refractivity (Wildman–Crippen MR) is 235 cm³/mol. The normalized spacial score (nSPS) is 11.7. The van der Waals surface area contributed by atoms with Crippen LogP contribution in [0.2, 0.25) is 0 Å². The van der Waals surface area contributed by atoms with Gasteiger partial charge in [0.15, 0.2) is 0 Å². The van der Waals surface area contributed by atoms with E-state index >= 15 is 0 Å². The summed E-state index contributed by atoms with van der Waals surface area (Å²) >= 11 is 1.90. The highest BCUT2D eigenvalue weighted by Crippen LogP contribution is 2.47. The van der Waals surface area contributed by atoms with Crippen molar-refractivity contribution in [3.8, 4) is 22.3 Å². The van der Waals surface area contributed by atoms with Crippen LogP contribution in [0.4, 0.5) is 17.1 Å². The Hall–Kier alpha value is -6.74. The molecule has 0 aliphatic rings. The number of benzene rings is 10. The highest BCUT2D eigenvalue weighted by molar-refractivity contribution is 7.27. The van der Waals surface area contributed by atoms with Gasteiger partial charge in [-0.25, -0.2) is 0 Å². The first-order valence-electron chi connectivity index (χ1n) is 18.5. The third kappa shape index (κ3) is 4.99. The molecule has 0 radical (unpaired) electrons. The van der Waals surface area contributed by atoms with Gasteiger partial charge < -0.3 is 4.90 Å². The van der Waals surface area contributed by atoms with Gasteiger partial charge in [0.1, 0.15) is 0 Å². The molecule has 10 aromatic carbocycles. The minimum absolute atomic E-state index is 1.12. The van der Waals surface area contributed by atoms with Crippen LogP contribution >= 0.6 is 11.3 Å². The fourth-order valence-corrected chi connectivity index (χ4v) is 9.73. The number of fused-ring (bicyclic) bond motifs is 10. The molecule has 1 aromatic heterocycles. The Balaban J connectivity index is 1.06. The number of hydrogen-bond acceptors (Lipinski definition) is 2. The Morgan fingerprint density at radius 3 is 1.70 bits per heavy atom. The zero-order valence-corrected chi connectivity index (χ0v) is 30.2. The highest BCUT2D eigenvalue weighted by atomic mass is 32.1. The SMILES string of the molecule is c1ccc(-c2cccc(N(c3ccc(-c4ccc5c(ccc6ccc7ccccc7c65)c4)cc3)c3cccc4c3sc3c5ccccc5ccc43)c2)cc1. The summed E-state index contributed by atoms with van der Waals surface area (Å²) in [6, 6.07) is 73.4. The predicted octanol–water partition coefficient (Wildman–Crippen LogP) is 15.5. The van der Waals surface area contributed by atoms with Gasteiger partial charge in [0.2, 0.25) is 0 Å². The quantitative estimate of drug-likeness (QED) is 0.161. The van der Waals surface area contributed by atoms with Crippen molar-refractivity contribution in [3.63, 3.8) is 0 Å². The highest BCUT2D eigenvalue weighted by Gasteiger charge is 2.20. The molecule has 0 aliphatic carbocycles. The van der Waals surface area contributed by atoms with Crippen LogP contribution in [0.5, 0.6) is 0 Å². The molecular weight excluding hydrogens is 671 g/mol. The van der Waals surface area contributed by atoms with Crippen molar-refractivity contribution in [1.82, 2.24) is 0 Å². The molecule has 0 aliphatic heterocycles. The number of thiophene rings is 1. The average Bonchev–Trinajstić information content (AvgIpc) is 3.64. The van der Waals surface area contributed by atoms with Gasteiger partial charge in [0.05, 0.1) is 10.4 Å². The summed E-state index contributed by atoms with van der Waals surface area (Å²) in [7, 11) is 0. The van der Waals surface area contributed by atoms with E-state index in [0.29, 0.717) is 0 Å². The molecule has 11 rings (SSSR count). The molecule has 0 atom stereocenters. The number of nitrogens with zero attached hydrogens (tertiary/aromatic N) is 1. The second-order valence-electron chi connectivity index (χ2n) is 14.1. The van der Waals surface area contributed by atoms with E-state index in [9.17, 15) is 0 Å². The third-order valence-corrected chi connectivity index (χ3v) is 12.3. The van der Waals surface area contributed by atoms with Crippen molar-refractivity contribution in [2.75, 3.05) is 4.90 Å². The summed E-state index contributed by atoms with van der Waals surface area (Å²) < 4.78 is 2.62. The summed E-state index contributed by atoms with van der Waals surface area (Å²) in [6.07, 6.45) is 0. The maximum Gasteiger partial charge on any atom is 0.0640 e. The van der Waals surface area contributed by atoms with Crippen molar-refractivity contribution < 1.29 is 0 Å². The number of hydrogen-bond donors (Lipinski definition) is 0. The summed E-state index contributed by atoms with van der Waals surface area (Å²) in [4.78, 5) is 2.44. The van der Waals surface area contributed by atoms with Crippen LogP contribution in [0, 0.1) is 0 Å². The monoisotopic (exact) mass is 703 g/mol. The van der Waals surface area contributed by atoms with E-state index in [1.165, 1.54) is 91.2 Å². The van der Waals surface area contributed by atoms with E-state index < -0.39 is 0 Å². The van der Waals surface area contributed by atoms with Gasteiger partial charge in [-0.1, -0.05) is 164 Å². The Morgan fingerprint density at radius 2 is 0.852 bits per heavy atom. The van der Waals surface area contributed by atoms with Gasteiger partial charge in [-0.15, -0.1) is 11.3 Å². The molecule has 54 heavy (non-hydrogen) atoms. The van der Waals surface area contributed by atoms with Crippen LogP contribution in [0.1, 0.15) is 0 Å². The molecule has 0 saturated heterocycles. The van der Waals surface area contributed by atoms with Gasteiger partial charge in [0, 0.05) is 26.8 Å². The van der Waals surface area contributed by atoms with Gasteiger partial charge in [0.25, 0.3) is 0 Å². The second-order valence-corrected chi connectivity index (χ2v) is 15.1. The largest absolute Gasteiger partial charge is 0.309 e. The molecule has 2 heteroatoms. The van der Waals surface area contributed by atoms with Crippen LogP contribution in [0.15, 0.2) is 200 Å². The minimum atomic E-state index is 1.12. The smallest absolute Gasteiger partial charge is 0.0640 e. The van der Waals surface area contributed by atoms with E-state index in [4.69, 9.17) is 0 Å². The first kappa shape index (κ1) is 30.8. The molecule has 1 nitrogen and oxygen atoms in total. The van der Waals surface area contributed by atoms with Crippen molar-refractivity contribution in [2.24, 2.45) is 0 Å². The zero-order chi connectivity index (χ0) is 35.6. The lowest BCUT2D eigenvalue weighted by atomic mass is 9.94. The summed E-state index contributed by atoms with van der Waals surface area (Å²) in [5, 5.41) is 12.9. The molecule has 0 bridgehead atoms. The standard InChI is InChI=1S/C52H33NS/c1-2-10-34(11-3-1)39-14-8-15-43(33-39)53(49-19-9-18-47-48-31-26-37-13-5-7-17-46(37)51(48)54-52(47)49)42-28-24-35(25-29-42)40-27-30-45-41(32-40)23-22-38-21-20-36-12-4-6-16-44(36)50(38)45/h1-33H. The van der Waals surface area contributed by atoms with Crippen LogP contribution in [0.3, 0.4) is 0 Å². The van der Waals surface area contributed by atoms with Crippen molar-refractivity contribution in [2.45, 2.75) is 0 Å². The molecule has 0 unspecified atom stereocenters. The lowest BCUT2D eigenvalue weighted by Crippen LogP contribution is -2.10. The molecule has 0 amide bonds. The lowest BCUT2D eigenvalue weighted by molar-refractivity contribution is 1.30. The fourth-order valence-electron chi connectivity index (χ4n) is 8.39. The van der Waals surface area contributed by atoms with E-state index in [-0.39, 0.29) is 0 Å². The molecule has 0 spiro atoms. The molecule has 11 aromatic rings. The number of anilines is 3. The summed E-state index contributed by atoms with van der Waals surface area (Å²) in [5.74, 6) is 0. The van der Waals surface area contributed by atoms with Gasteiger partial charge in [-0.05, 0) is 102 Å². The number of rotatable bonds is 5. The molecule has 0 saturated carbocycles. The third-order valence-electron chi connectivity index (χ3n) is 11.0. The van der Waals surface area contributed by atoms with Crippen LogP contribution in [-0.2, 0) is 0 Å². The molecule has 0 N–H and O–H groups in total. The van der Waals surface area contributed by atoms with Gasteiger partial charge in [-0.2, -0.15) is 0 Å². The Kier molecular flexibility index (Phi) is 7.11. The first-order chi connectivity index (χ1) is 26.8. The summed E-state index contributed by atoms with van der Waals surface area (Å²) in [5.41, 5.74) is 8.24. The van der Waals surface area contributed by atoms with Gasteiger partial charge in [-0.3, -0.25) is 0 Å². The lowest BCUT2D eigenvalue weighted by Gasteiger charge is -2.27. The minimum Gasteiger partial charge on any atom is -0.309 e. The second kappa shape index (κ2) is 12.4. The average molecular weight is 704 g/mol. The van der Waals surface area contributed by atoms with Crippen molar-refractivity contribution in [3.05, 3.63) is 200 Å². The molecule has 0 fully saturated rings. The van der Waals surface area contributed by atoms with E-state index in [2.05, 4.69) is 205 Å². The van der Waals surface area contributed by atoms with Crippen molar-refractivity contribution >= 4 is 91.7 Å². The Morgan fingerprint density at radius 1 is 0.296 bits per heavy atom. The topological polar surface area (TPSA) is 3.24 Å². The van der Waals surface area contributed by atoms with E-state index in [1.54, 1.807) is 0 Å². The van der Waals surface area contributed by atoms with Gasteiger partial charge >= 0.3 is 0 Å². The maximum atomic E-state index is 2.44. The maximum absolute atomic E-state index is 2.44. The molecular formula is C52H33NS. The molecule has 252 valence electrons. The van der Waals surface area contributed by atoms with E-state index in [1.807, 2.05) is 11.3 Å². The zero-order valence-electron chi connectivity index (χ0n) is 29.4. The van der Waals surface area contributed by atoms with E-state index in [0.717, 1.165) is 11.4 Å². The summed E-state index contributed by atoms with van der Waals surface area (Å²) in [6.45, 7) is 0. The Bertz CT molecular complexity index is 3210. The Labute approximate surface area is 317 Å². The molecule has 1 heterocycles. The van der Waals surface area contributed by atoms with Crippen LogP contribution < -0.4 is 4.90 Å². The fraction of sp³-hybridized carbons (Fsp3) is 0. The van der Waals surface area contributed by atoms with Crippen LogP contribution in [0.25, 0.3) is 85.5 Å². The van der Waals surface area contributed by atoms with Crippen molar-refractivity contribution in [1.29, 1.82) is 0 Å². The first-order valence-corrected chi connectivity index (χ1v) is 19.3. The van der Waals surface area contributed by atoms with Crippen LogP contribution in [-0.4, -0.2) is 0 Å².